The standard InChI is InChI=1S/C12H24N2O2/c1-14(8-3-2-4-9-15)12(16)11-6-5-7-13-10-11/h11,13,15H,2-10H2,1H3/t11-/m0/s1. The Labute approximate surface area is 98.0 Å². The first-order valence-corrected chi connectivity index (χ1v) is 6.32. The fourth-order valence-electron chi connectivity index (χ4n) is 2.12. The maximum Gasteiger partial charge on any atom is 0.226 e. The van der Waals surface area contributed by atoms with Gasteiger partial charge in [-0.3, -0.25) is 4.79 Å². The molecule has 0 unspecified atom stereocenters. The number of carbonyl (C=O) groups is 1. The van der Waals surface area contributed by atoms with Crippen molar-refractivity contribution in [1.29, 1.82) is 0 Å². The Bertz CT molecular complexity index is 203. The quantitative estimate of drug-likeness (QED) is 0.655. The number of nitrogens with one attached hydrogen (secondary N) is 1. The van der Waals surface area contributed by atoms with Gasteiger partial charge in [0.25, 0.3) is 0 Å². The van der Waals surface area contributed by atoms with E-state index in [0.29, 0.717) is 0 Å². The molecule has 1 aliphatic heterocycles. The van der Waals surface area contributed by atoms with E-state index in [0.717, 1.165) is 51.7 Å². The van der Waals surface area contributed by atoms with E-state index < -0.39 is 0 Å². The van der Waals surface area contributed by atoms with Gasteiger partial charge < -0.3 is 15.3 Å². The zero-order chi connectivity index (χ0) is 11.8. The summed E-state index contributed by atoms with van der Waals surface area (Å²) in [6.07, 6.45) is 4.95. The fourth-order valence-corrected chi connectivity index (χ4v) is 2.12. The van der Waals surface area contributed by atoms with Gasteiger partial charge in [-0.05, 0) is 38.6 Å². The maximum atomic E-state index is 12.0. The Morgan fingerprint density at radius 1 is 1.44 bits per heavy atom. The molecule has 1 atom stereocenters. The number of amides is 1. The molecule has 0 saturated carbocycles. The van der Waals surface area contributed by atoms with Crippen molar-refractivity contribution >= 4 is 5.91 Å². The monoisotopic (exact) mass is 228 g/mol. The van der Waals surface area contributed by atoms with Crippen molar-refractivity contribution in [2.75, 3.05) is 33.3 Å². The van der Waals surface area contributed by atoms with Crippen LogP contribution in [0, 0.1) is 5.92 Å². The molecule has 1 heterocycles. The predicted octanol–water partition coefficient (Wildman–Crippen LogP) is 0.607. The Kier molecular flexibility index (Phi) is 6.42. The molecule has 0 aromatic carbocycles. The third kappa shape index (κ3) is 4.49. The van der Waals surface area contributed by atoms with Crippen LogP contribution >= 0.6 is 0 Å². The molecule has 1 amide bonds. The van der Waals surface area contributed by atoms with Crippen molar-refractivity contribution in [3.05, 3.63) is 0 Å². The summed E-state index contributed by atoms with van der Waals surface area (Å²) in [5.74, 6) is 0.452. The van der Waals surface area contributed by atoms with Gasteiger partial charge >= 0.3 is 0 Å². The minimum atomic E-state index is 0.177. The van der Waals surface area contributed by atoms with Gasteiger partial charge in [0.05, 0.1) is 5.92 Å². The Morgan fingerprint density at radius 2 is 2.25 bits per heavy atom. The van der Waals surface area contributed by atoms with E-state index in [1.807, 2.05) is 11.9 Å². The first kappa shape index (κ1) is 13.5. The van der Waals surface area contributed by atoms with Crippen molar-refractivity contribution in [3.63, 3.8) is 0 Å². The number of unbranched alkanes of at least 4 members (excludes halogenated alkanes) is 2. The van der Waals surface area contributed by atoms with E-state index in [4.69, 9.17) is 5.11 Å². The van der Waals surface area contributed by atoms with Crippen LogP contribution in [0.2, 0.25) is 0 Å². The second-order valence-electron chi connectivity index (χ2n) is 4.59. The first-order chi connectivity index (χ1) is 7.75. The SMILES string of the molecule is CN(CCCCCO)C(=O)[C@H]1CCCNC1. The number of aliphatic hydroxyl groups excluding tert-OH is 1. The number of nitrogens with zero attached hydrogens (tertiary/aromatic N) is 1. The van der Waals surface area contributed by atoms with Crippen LogP contribution in [0.3, 0.4) is 0 Å². The summed E-state index contributed by atoms with van der Waals surface area (Å²) in [6, 6.07) is 0. The number of hydrogen-bond donors (Lipinski definition) is 2. The van der Waals surface area contributed by atoms with Gasteiger partial charge in [0, 0.05) is 26.7 Å². The molecular formula is C12H24N2O2. The fraction of sp³-hybridized carbons (Fsp3) is 0.917. The van der Waals surface area contributed by atoms with Gasteiger partial charge in [0.15, 0.2) is 0 Å². The molecule has 0 aromatic rings. The first-order valence-electron chi connectivity index (χ1n) is 6.32. The lowest BCUT2D eigenvalue weighted by Crippen LogP contribution is -2.41. The lowest BCUT2D eigenvalue weighted by Gasteiger charge is -2.27. The van der Waals surface area contributed by atoms with Crippen molar-refractivity contribution in [1.82, 2.24) is 10.2 Å². The summed E-state index contributed by atoms with van der Waals surface area (Å²) in [7, 11) is 1.88. The third-order valence-electron chi connectivity index (χ3n) is 3.17. The zero-order valence-corrected chi connectivity index (χ0v) is 10.2. The average Bonchev–Trinajstić information content (AvgIpc) is 2.34. The van der Waals surface area contributed by atoms with Crippen LogP contribution in [0.15, 0.2) is 0 Å². The molecule has 1 saturated heterocycles. The molecule has 0 spiro atoms. The average molecular weight is 228 g/mol. The molecule has 1 fully saturated rings. The van der Waals surface area contributed by atoms with E-state index in [9.17, 15) is 4.79 Å². The summed E-state index contributed by atoms with van der Waals surface area (Å²) in [5.41, 5.74) is 0. The van der Waals surface area contributed by atoms with Crippen LogP contribution in [-0.4, -0.2) is 49.2 Å². The second kappa shape index (κ2) is 7.63. The number of rotatable bonds is 6. The van der Waals surface area contributed by atoms with E-state index in [1.165, 1.54) is 0 Å². The zero-order valence-electron chi connectivity index (χ0n) is 10.2. The maximum absolute atomic E-state index is 12.0. The van der Waals surface area contributed by atoms with Crippen LogP contribution in [0.25, 0.3) is 0 Å². The van der Waals surface area contributed by atoms with E-state index in [-0.39, 0.29) is 18.4 Å². The molecule has 1 aliphatic rings. The van der Waals surface area contributed by atoms with Crippen molar-refractivity contribution in [2.24, 2.45) is 5.92 Å². The van der Waals surface area contributed by atoms with Gasteiger partial charge in [0.1, 0.15) is 0 Å². The topological polar surface area (TPSA) is 52.6 Å². The smallest absolute Gasteiger partial charge is 0.226 e. The van der Waals surface area contributed by atoms with E-state index in [1.54, 1.807) is 0 Å². The molecule has 2 N–H and O–H groups in total. The summed E-state index contributed by atoms with van der Waals surface area (Å²) in [6.45, 7) is 2.95. The third-order valence-corrected chi connectivity index (χ3v) is 3.17. The number of aliphatic hydroxyl groups is 1. The molecular weight excluding hydrogens is 204 g/mol. The lowest BCUT2D eigenvalue weighted by atomic mass is 9.98. The molecule has 16 heavy (non-hydrogen) atoms. The lowest BCUT2D eigenvalue weighted by molar-refractivity contribution is -0.134. The molecule has 4 nitrogen and oxygen atoms in total. The van der Waals surface area contributed by atoms with Crippen molar-refractivity contribution in [3.8, 4) is 0 Å². The number of piperidine rings is 1. The molecule has 4 heteroatoms. The van der Waals surface area contributed by atoms with Crippen LogP contribution in [0.5, 0.6) is 0 Å². The largest absolute Gasteiger partial charge is 0.396 e. The van der Waals surface area contributed by atoms with Gasteiger partial charge in [-0.2, -0.15) is 0 Å². The summed E-state index contributed by atoms with van der Waals surface area (Å²) < 4.78 is 0. The summed E-state index contributed by atoms with van der Waals surface area (Å²) in [5, 5.41) is 11.9. The summed E-state index contributed by atoms with van der Waals surface area (Å²) >= 11 is 0. The minimum absolute atomic E-state index is 0.177. The highest BCUT2D eigenvalue weighted by Gasteiger charge is 2.23. The van der Waals surface area contributed by atoms with Crippen LogP contribution in [-0.2, 0) is 4.79 Å². The minimum Gasteiger partial charge on any atom is -0.396 e. The molecule has 1 rings (SSSR count). The number of carbonyl (C=O) groups excluding carboxylic acids is 1. The summed E-state index contributed by atoms with van der Waals surface area (Å²) in [4.78, 5) is 13.8. The highest BCUT2D eigenvalue weighted by Crippen LogP contribution is 2.13. The van der Waals surface area contributed by atoms with Gasteiger partial charge in [-0.15, -0.1) is 0 Å². The predicted molar refractivity (Wildman–Crippen MR) is 64.2 cm³/mol. The molecule has 0 bridgehead atoms. The molecule has 0 aliphatic carbocycles. The van der Waals surface area contributed by atoms with Gasteiger partial charge in [-0.1, -0.05) is 0 Å². The molecule has 94 valence electrons. The Morgan fingerprint density at radius 3 is 2.88 bits per heavy atom. The van der Waals surface area contributed by atoms with Gasteiger partial charge in [-0.25, -0.2) is 0 Å². The highest BCUT2D eigenvalue weighted by molar-refractivity contribution is 5.78. The Hall–Kier alpha value is -0.610. The van der Waals surface area contributed by atoms with Crippen LogP contribution < -0.4 is 5.32 Å². The second-order valence-corrected chi connectivity index (χ2v) is 4.59. The van der Waals surface area contributed by atoms with Crippen LogP contribution in [0.1, 0.15) is 32.1 Å². The highest BCUT2D eigenvalue weighted by atomic mass is 16.2. The van der Waals surface area contributed by atoms with Crippen molar-refractivity contribution < 1.29 is 9.90 Å². The van der Waals surface area contributed by atoms with E-state index >= 15 is 0 Å². The normalized spacial score (nSPS) is 20.8. The van der Waals surface area contributed by atoms with Crippen LogP contribution in [0.4, 0.5) is 0 Å². The number of hydrogen-bond acceptors (Lipinski definition) is 3. The Balaban J connectivity index is 2.18. The van der Waals surface area contributed by atoms with Crippen molar-refractivity contribution in [2.45, 2.75) is 32.1 Å². The molecule has 0 radical (unpaired) electrons. The van der Waals surface area contributed by atoms with E-state index in [2.05, 4.69) is 5.32 Å². The molecule has 0 aromatic heterocycles. The van der Waals surface area contributed by atoms with Gasteiger partial charge in [0.2, 0.25) is 5.91 Å².